The Labute approximate surface area is 83.2 Å². The monoisotopic (exact) mass is 191 g/mol. The third kappa shape index (κ3) is 1.03. The number of ether oxygens (including phenoxy) is 2. The first-order valence-electron chi connectivity index (χ1n) is 5.00. The lowest BCUT2D eigenvalue weighted by Gasteiger charge is -2.28. The molecule has 3 rings (SSSR count). The third-order valence-electron chi connectivity index (χ3n) is 2.87. The van der Waals surface area contributed by atoms with Gasteiger partial charge in [-0.2, -0.15) is 0 Å². The molecule has 2 heterocycles. The summed E-state index contributed by atoms with van der Waals surface area (Å²) in [6.45, 7) is 3.45. The molecule has 2 fully saturated rings. The number of hydrogen-bond donors (Lipinski definition) is 0. The van der Waals surface area contributed by atoms with Crippen LogP contribution in [0.3, 0.4) is 0 Å². The summed E-state index contributed by atoms with van der Waals surface area (Å²) in [6.07, 6.45) is 0. The molecule has 0 atom stereocenters. The van der Waals surface area contributed by atoms with Crippen LogP contribution in [0.1, 0.15) is 5.56 Å². The minimum absolute atomic E-state index is 0.568. The second kappa shape index (κ2) is 3.05. The van der Waals surface area contributed by atoms with E-state index < -0.39 is 5.91 Å². The van der Waals surface area contributed by atoms with Gasteiger partial charge < -0.3 is 9.47 Å². The van der Waals surface area contributed by atoms with Crippen molar-refractivity contribution in [3.05, 3.63) is 35.9 Å². The topological polar surface area (TPSA) is 21.7 Å². The van der Waals surface area contributed by atoms with Crippen LogP contribution in [0, 0.1) is 0 Å². The fourth-order valence-corrected chi connectivity index (χ4v) is 2.22. The lowest BCUT2D eigenvalue weighted by molar-refractivity contribution is -0.241. The van der Waals surface area contributed by atoms with E-state index in [-0.39, 0.29) is 0 Å². The van der Waals surface area contributed by atoms with Crippen molar-refractivity contribution in [3.8, 4) is 0 Å². The Morgan fingerprint density at radius 1 is 1.00 bits per heavy atom. The van der Waals surface area contributed by atoms with E-state index in [1.54, 1.807) is 0 Å². The van der Waals surface area contributed by atoms with Gasteiger partial charge in [0, 0.05) is 18.7 Å². The number of benzene rings is 1. The smallest absolute Gasteiger partial charge is 0.258 e. The van der Waals surface area contributed by atoms with Crippen LogP contribution >= 0.6 is 0 Å². The Morgan fingerprint density at radius 2 is 1.64 bits per heavy atom. The van der Waals surface area contributed by atoms with Crippen molar-refractivity contribution in [1.82, 2.24) is 4.90 Å². The van der Waals surface area contributed by atoms with Crippen LogP contribution in [-0.4, -0.2) is 31.2 Å². The van der Waals surface area contributed by atoms with Crippen LogP contribution in [0.4, 0.5) is 0 Å². The highest BCUT2D eigenvalue weighted by atomic mass is 16.7. The molecule has 0 spiro atoms. The van der Waals surface area contributed by atoms with Crippen molar-refractivity contribution in [2.45, 2.75) is 5.91 Å². The van der Waals surface area contributed by atoms with Crippen LogP contribution in [0.2, 0.25) is 0 Å². The molecule has 0 aliphatic carbocycles. The molecule has 0 saturated carbocycles. The Bertz CT molecular complexity index is 315. The zero-order valence-corrected chi connectivity index (χ0v) is 7.98. The van der Waals surface area contributed by atoms with E-state index in [9.17, 15) is 0 Å². The van der Waals surface area contributed by atoms with Crippen LogP contribution in [0.5, 0.6) is 0 Å². The SMILES string of the molecule is c1ccc(C23OCCN2CCO3)cc1. The molecule has 0 unspecified atom stereocenters. The van der Waals surface area contributed by atoms with Gasteiger partial charge in [0.2, 0.25) is 0 Å². The first-order chi connectivity index (χ1) is 6.92. The van der Waals surface area contributed by atoms with Gasteiger partial charge in [0.1, 0.15) is 0 Å². The van der Waals surface area contributed by atoms with Gasteiger partial charge in [0.25, 0.3) is 5.91 Å². The van der Waals surface area contributed by atoms with E-state index in [4.69, 9.17) is 9.47 Å². The summed E-state index contributed by atoms with van der Waals surface area (Å²) < 4.78 is 11.5. The number of rotatable bonds is 1. The Balaban J connectivity index is 2.03. The van der Waals surface area contributed by atoms with Crippen molar-refractivity contribution >= 4 is 0 Å². The van der Waals surface area contributed by atoms with E-state index in [0.717, 1.165) is 31.9 Å². The van der Waals surface area contributed by atoms with Gasteiger partial charge >= 0.3 is 0 Å². The molecule has 74 valence electrons. The van der Waals surface area contributed by atoms with Gasteiger partial charge in [-0.1, -0.05) is 30.3 Å². The molecule has 14 heavy (non-hydrogen) atoms. The highest BCUT2D eigenvalue weighted by Gasteiger charge is 2.48. The van der Waals surface area contributed by atoms with Gasteiger partial charge in [-0.15, -0.1) is 0 Å². The molecule has 2 aliphatic rings. The molecule has 1 aromatic rings. The Hall–Kier alpha value is -0.900. The highest BCUT2D eigenvalue weighted by molar-refractivity contribution is 5.21. The molecule has 3 heteroatoms. The third-order valence-corrected chi connectivity index (χ3v) is 2.87. The molecule has 2 saturated heterocycles. The number of nitrogens with zero attached hydrogens (tertiary/aromatic N) is 1. The Morgan fingerprint density at radius 3 is 2.29 bits per heavy atom. The minimum Gasteiger partial charge on any atom is -0.332 e. The largest absolute Gasteiger partial charge is 0.332 e. The van der Waals surface area contributed by atoms with E-state index in [1.165, 1.54) is 0 Å². The van der Waals surface area contributed by atoms with Gasteiger partial charge in [-0.25, -0.2) is 4.90 Å². The molecular weight excluding hydrogens is 178 g/mol. The van der Waals surface area contributed by atoms with E-state index in [2.05, 4.69) is 17.0 Å². The number of fused-ring (bicyclic) bond motifs is 1. The van der Waals surface area contributed by atoms with Gasteiger partial charge in [0.05, 0.1) is 13.2 Å². The molecule has 1 aromatic carbocycles. The molecule has 0 aromatic heterocycles. The maximum absolute atomic E-state index is 5.75. The molecular formula is C11H13NO2. The lowest BCUT2D eigenvalue weighted by Crippen LogP contribution is -2.37. The van der Waals surface area contributed by atoms with Crippen LogP contribution in [-0.2, 0) is 15.4 Å². The highest BCUT2D eigenvalue weighted by Crippen LogP contribution is 2.38. The van der Waals surface area contributed by atoms with E-state index in [1.807, 2.05) is 18.2 Å². The maximum Gasteiger partial charge on any atom is 0.258 e. The van der Waals surface area contributed by atoms with Crippen molar-refractivity contribution < 1.29 is 9.47 Å². The van der Waals surface area contributed by atoms with Crippen LogP contribution in [0.15, 0.2) is 30.3 Å². The zero-order valence-electron chi connectivity index (χ0n) is 7.98. The lowest BCUT2D eigenvalue weighted by atomic mass is 10.1. The summed E-state index contributed by atoms with van der Waals surface area (Å²) in [4.78, 5) is 2.25. The molecule has 2 aliphatic heterocycles. The van der Waals surface area contributed by atoms with Crippen molar-refractivity contribution in [2.75, 3.05) is 26.3 Å². The summed E-state index contributed by atoms with van der Waals surface area (Å²) in [5.41, 5.74) is 1.11. The quantitative estimate of drug-likeness (QED) is 0.665. The summed E-state index contributed by atoms with van der Waals surface area (Å²) >= 11 is 0. The molecule has 0 N–H and O–H groups in total. The standard InChI is InChI=1S/C11H13NO2/c1-2-4-10(5-3-1)11-12(6-8-13-11)7-9-14-11/h1-5H,6-9H2. The second-order valence-corrected chi connectivity index (χ2v) is 3.63. The Kier molecular flexibility index (Phi) is 1.83. The fraction of sp³-hybridized carbons (Fsp3) is 0.455. The van der Waals surface area contributed by atoms with Crippen LogP contribution in [0.25, 0.3) is 0 Å². The van der Waals surface area contributed by atoms with Crippen LogP contribution < -0.4 is 0 Å². The van der Waals surface area contributed by atoms with Crippen molar-refractivity contribution in [1.29, 1.82) is 0 Å². The average molecular weight is 191 g/mol. The zero-order chi connectivity index (χ0) is 9.43. The van der Waals surface area contributed by atoms with Gasteiger partial charge in [-0.05, 0) is 0 Å². The van der Waals surface area contributed by atoms with Gasteiger partial charge in [0.15, 0.2) is 0 Å². The molecule has 0 amide bonds. The summed E-state index contributed by atoms with van der Waals surface area (Å²) in [7, 11) is 0. The van der Waals surface area contributed by atoms with Gasteiger partial charge in [-0.3, -0.25) is 0 Å². The first kappa shape index (κ1) is 8.41. The van der Waals surface area contributed by atoms with E-state index >= 15 is 0 Å². The second-order valence-electron chi connectivity index (χ2n) is 3.63. The number of hydrogen-bond acceptors (Lipinski definition) is 3. The average Bonchev–Trinajstić information content (AvgIpc) is 2.77. The summed E-state index contributed by atoms with van der Waals surface area (Å²) in [5, 5.41) is 0. The molecule has 0 bridgehead atoms. The van der Waals surface area contributed by atoms with Crippen molar-refractivity contribution in [2.24, 2.45) is 0 Å². The predicted molar refractivity (Wildman–Crippen MR) is 51.6 cm³/mol. The molecule has 3 nitrogen and oxygen atoms in total. The van der Waals surface area contributed by atoms with Crippen molar-refractivity contribution in [3.63, 3.8) is 0 Å². The maximum atomic E-state index is 5.75. The summed E-state index contributed by atoms with van der Waals surface area (Å²) in [6, 6.07) is 10.2. The summed E-state index contributed by atoms with van der Waals surface area (Å²) in [5.74, 6) is -0.568. The predicted octanol–water partition coefficient (Wildman–Crippen LogP) is 1.16. The first-order valence-corrected chi connectivity index (χ1v) is 5.00. The normalized spacial score (nSPS) is 25.1. The fourth-order valence-electron chi connectivity index (χ4n) is 2.22. The van der Waals surface area contributed by atoms with E-state index in [0.29, 0.717) is 0 Å². The molecule has 0 radical (unpaired) electrons. The minimum atomic E-state index is -0.568.